The lowest BCUT2D eigenvalue weighted by molar-refractivity contribution is 0.572. The van der Waals surface area contributed by atoms with E-state index in [0.717, 1.165) is 44.5 Å². The second-order valence-corrected chi connectivity index (χ2v) is 6.16. The van der Waals surface area contributed by atoms with Crippen LogP contribution in [-0.2, 0) is 0 Å². The van der Waals surface area contributed by atoms with Crippen LogP contribution in [0.1, 0.15) is 6.92 Å². The van der Waals surface area contributed by atoms with Crippen LogP contribution in [0.2, 0.25) is 0 Å². The number of hydrogen-bond donors (Lipinski definition) is 1. The number of benzene rings is 2. The third-order valence-electron chi connectivity index (χ3n) is 3.59. The summed E-state index contributed by atoms with van der Waals surface area (Å²) in [5.41, 5.74) is 3.92. The third-order valence-corrected chi connectivity index (χ3v) is 4.57. The number of rotatable bonds is 4. The molecule has 0 atom stereocenters. The Bertz CT molecular complexity index is 943. The zero-order valence-corrected chi connectivity index (χ0v) is 13.4. The number of oxazole rings is 1. The first-order chi connectivity index (χ1) is 11.3. The molecule has 23 heavy (non-hydrogen) atoms. The van der Waals surface area contributed by atoms with E-state index < -0.39 is 0 Å². The molecule has 4 aromatic rings. The smallest absolute Gasteiger partial charge is 0.183 e. The number of hydrogen-bond acceptors (Lipinski definition) is 5. The molecule has 0 saturated heterocycles. The van der Waals surface area contributed by atoms with Crippen LogP contribution in [0.5, 0.6) is 0 Å². The summed E-state index contributed by atoms with van der Waals surface area (Å²) in [6, 6.07) is 16.2. The summed E-state index contributed by atoms with van der Waals surface area (Å²) in [7, 11) is 0. The molecular weight excluding hydrogens is 306 g/mol. The molecule has 0 aliphatic heterocycles. The first-order valence-corrected chi connectivity index (χ1v) is 8.30. The number of anilines is 1. The molecule has 0 saturated carbocycles. The zero-order chi connectivity index (χ0) is 15.6. The van der Waals surface area contributed by atoms with Gasteiger partial charge in [-0.25, -0.2) is 9.97 Å². The van der Waals surface area contributed by atoms with Crippen molar-refractivity contribution in [2.45, 2.75) is 6.92 Å². The summed E-state index contributed by atoms with van der Waals surface area (Å²) in [5, 5.41) is 4.20. The molecule has 2 aromatic carbocycles. The van der Waals surface area contributed by atoms with Crippen molar-refractivity contribution < 1.29 is 4.42 Å². The van der Waals surface area contributed by atoms with E-state index >= 15 is 0 Å². The molecule has 0 amide bonds. The van der Waals surface area contributed by atoms with Gasteiger partial charge < -0.3 is 9.73 Å². The standard InChI is InChI=1S/C18H15N3OS/c1-2-19-18-21-14-9-8-13(10-15(14)23-18)17-16(20-11-22-17)12-6-4-3-5-7-12/h3-11H,2H2,1H3,(H,19,21). The molecule has 4 nitrogen and oxygen atoms in total. The van der Waals surface area contributed by atoms with Crippen molar-refractivity contribution in [3.63, 3.8) is 0 Å². The Hall–Kier alpha value is -2.66. The van der Waals surface area contributed by atoms with Crippen molar-refractivity contribution in [3.05, 3.63) is 54.9 Å². The van der Waals surface area contributed by atoms with Crippen molar-refractivity contribution in [1.82, 2.24) is 9.97 Å². The van der Waals surface area contributed by atoms with E-state index in [1.807, 2.05) is 42.5 Å². The predicted octanol–water partition coefficient (Wildman–Crippen LogP) is 5.05. The van der Waals surface area contributed by atoms with E-state index in [-0.39, 0.29) is 0 Å². The highest BCUT2D eigenvalue weighted by Gasteiger charge is 2.14. The molecule has 0 aliphatic rings. The Labute approximate surface area is 137 Å². The fourth-order valence-electron chi connectivity index (χ4n) is 2.55. The molecule has 0 unspecified atom stereocenters. The van der Waals surface area contributed by atoms with Crippen molar-refractivity contribution in [3.8, 4) is 22.6 Å². The maximum atomic E-state index is 5.67. The Morgan fingerprint density at radius 3 is 2.78 bits per heavy atom. The SMILES string of the molecule is CCNc1nc2ccc(-c3ocnc3-c3ccccc3)cc2s1. The van der Waals surface area contributed by atoms with Gasteiger partial charge in [0, 0.05) is 17.7 Å². The molecule has 0 radical (unpaired) electrons. The second-order valence-electron chi connectivity index (χ2n) is 5.13. The normalized spacial score (nSPS) is 11.0. The minimum Gasteiger partial charge on any atom is -0.443 e. The van der Waals surface area contributed by atoms with Gasteiger partial charge in [-0.2, -0.15) is 0 Å². The summed E-state index contributed by atoms with van der Waals surface area (Å²) in [6.45, 7) is 2.94. The Balaban J connectivity index is 1.79. The zero-order valence-electron chi connectivity index (χ0n) is 12.6. The van der Waals surface area contributed by atoms with Gasteiger partial charge >= 0.3 is 0 Å². The van der Waals surface area contributed by atoms with Gasteiger partial charge in [-0.05, 0) is 25.1 Å². The van der Waals surface area contributed by atoms with E-state index in [1.54, 1.807) is 11.3 Å². The predicted molar refractivity (Wildman–Crippen MR) is 94.7 cm³/mol. The lowest BCUT2D eigenvalue weighted by atomic mass is 10.1. The Kier molecular flexibility index (Phi) is 3.55. The molecule has 114 valence electrons. The summed E-state index contributed by atoms with van der Waals surface area (Å²) in [4.78, 5) is 8.95. The highest BCUT2D eigenvalue weighted by molar-refractivity contribution is 7.22. The molecule has 2 aromatic heterocycles. The van der Waals surface area contributed by atoms with Gasteiger partial charge in [0.05, 0.1) is 10.2 Å². The van der Waals surface area contributed by atoms with Crippen LogP contribution in [0.4, 0.5) is 5.13 Å². The number of thiazole rings is 1. The van der Waals surface area contributed by atoms with E-state index in [2.05, 4.69) is 28.3 Å². The van der Waals surface area contributed by atoms with Gasteiger partial charge in [0.25, 0.3) is 0 Å². The number of nitrogens with one attached hydrogen (secondary N) is 1. The molecular formula is C18H15N3OS. The molecule has 0 bridgehead atoms. The van der Waals surface area contributed by atoms with Crippen LogP contribution in [0.3, 0.4) is 0 Å². The monoisotopic (exact) mass is 321 g/mol. The number of aromatic nitrogens is 2. The van der Waals surface area contributed by atoms with Crippen LogP contribution in [0.25, 0.3) is 32.8 Å². The van der Waals surface area contributed by atoms with Crippen LogP contribution in [0.15, 0.2) is 59.3 Å². The molecule has 1 N–H and O–H groups in total. The number of fused-ring (bicyclic) bond motifs is 1. The number of nitrogens with zero attached hydrogens (tertiary/aromatic N) is 2. The van der Waals surface area contributed by atoms with Gasteiger partial charge in [-0.15, -0.1) is 0 Å². The van der Waals surface area contributed by atoms with Crippen molar-refractivity contribution in [1.29, 1.82) is 0 Å². The topological polar surface area (TPSA) is 51.0 Å². The summed E-state index contributed by atoms with van der Waals surface area (Å²) in [5.74, 6) is 0.788. The summed E-state index contributed by atoms with van der Waals surface area (Å²) < 4.78 is 6.80. The average Bonchev–Trinajstić information content (AvgIpc) is 3.21. The van der Waals surface area contributed by atoms with E-state index in [1.165, 1.54) is 6.39 Å². The third kappa shape index (κ3) is 2.59. The fraction of sp³-hybridized carbons (Fsp3) is 0.111. The summed E-state index contributed by atoms with van der Waals surface area (Å²) in [6.07, 6.45) is 1.50. The van der Waals surface area contributed by atoms with Gasteiger partial charge in [0.1, 0.15) is 5.69 Å². The molecule has 0 aliphatic carbocycles. The molecule has 2 heterocycles. The average molecular weight is 321 g/mol. The van der Waals surface area contributed by atoms with Gasteiger partial charge in [0.15, 0.2) is 17.3 Å². The van der Waals surface area contributed by atoms with E-state index in [4.69, 9.17) is 4.42 Å². The Morgan fingerprint density at radius 1 is 1.09 bits per heavy atom. The van der Waals surface area contributed by atoms with Crippen LogP contribution < -0.4 is 5.32 Å². The maximum absolute atomic E-state index is 5.67. The van der Waals surface area contributed by atoms with Crippen LogP contribution in [0, 0.1) is 0 Å². The van der Waals surface area contributed by atoms with Crippen molar-refractivity contribution in [2.24, 2.45) is 0 Å². The van der Waals surface area contributed by atoms with Gasteiger partial charge in [0.2, 0.25) is 0 Å². The van der Waals surface area contributed by atoms with Crippen LogP contribution >= 0.6 is 11.3 Å². The highest BCUT2D eigenvalue weighted by Crippen LogP contribution is 2.34. The quantitative estimate of drug-likeness (QED) is 0.571. The maximum Gasteiger partial charge on any atom is 0.183 e. The van der Waals surface area contributed by atoms with Gasteiger partial charge in [-0.1, -0.05) is 41.7 Å². The molecule has 0 fully saturated rings. The summed E-state index contributed by atoms with van der Waals surface area (Å²) >= 11 is 1.65. The minimum absolute atomic E-state index is 0.788. The van der Waals surface area contributed by atoms with E-state index in [9.17, 15) is 0 Å². The molecule has 5 heteroatoms. The lowest BCUT2D eigenvalue weighted by Crippen LogP contribution is -1.94. The van der Waals surface area contributed by atoms with E-state index in [0.29, 0.717) is 0 Å². The second kappa shape index (κ2) is 5.85. The van der Waals surface area contributed by atoms with Crippen molar-refractivity contribution in [2.75, 3.05) is 11.9 Å². The Morgan fingerprint density at radius 2 is 1.96 bits per heavy atom. The van der Waals surface area contributed by atoms with Crippen molar-refractivity contribution >= 4 is 26.7 Å². The lowest BCUT2D eigenvalue weighted by Gasteiger charge is -2.01. The highest BCUT2D eigenvalue weighted by atomic mass is 32.1. The largest absolute Gasteiger partial charge is 0.443 e. The molecule has 4 rings (SSSR count). The minimum atomic E-state index is 0.788. The first-order valence-electron chi connectivity index (χ1n) is 7.49. The fourth-order valence-corrected chi connectivity index (χ4v) is 3.52. The van der Waals surface area contributed by atoms with Crippen LogP contribution in [-0.4, -0.2) is 16.5 Å². The van der Waals surface area contributed by atoms with Gasteiger partial charge in [-0.3, -0.25) is 0 Å². The first kappa shape index (κ1) is 14.0. The molecule has 0 spiro atoms.